The van der Waals surface area contributed by atoms with Crippen LogP contribution in [-0.4, -0.2) is 11.1 Å². The number of carboxylic acid groups (broad SMARTS) is 1. The average Bonchev–Trinajstić information content (AvgIpc) is 1.88. The molecule has 0 unspecified atom stereocenters. The van der Waals surface area contributed by atoms with Crippen LogP contribution in [0.4, 0.5) is 0 Å². The molecule has 0 saturated carbocycles. The Labute approximate surface area is 85.4 Å². The molecule has 0 heterocycles. The van der Waals surface area contributed by atoms with Gasteiger partial charge in [-0.3, -0.25) is 0 Å². The van der Waals surface area contributed by atoms with Crippen LogP contribution in [0.1, 0.15) is 15.9 Å². The SMILES string of the molecule is Cc1cccc(C(=O)O)c1.[Cd]. The van der Waals surface area contributed by atoms with Crippen LogP contribution in [-0.2, 0) is 27.3 Å². The Bertz CT molecular complexity index is 258. The van der Waals surface area contributed by atoms with E-state index in [1.165, 1.54) is 0 Å². The summed E-state index contributed by atoms with van der Waals surface area (Å²) in [6.07, 6.45) is 0. The van der Waals surface area contributed by atoms with Gasteiger partial charge in [-0.1, -0.05) is 17.7 Å². The molecule has 3 heteroatoms. The Morgan fingerprint density at radius 3 is 2.45 bits per heavy atom. The van der Waals surface area contributed by atoms with E-state index in [0.29, 0.717) is 5.56 Å². The van der Waals surface area contributed by atoms with Gasteiger partial charge in [0.25, 0.3) is 0 Å². The van der Waals surface area contributed by atoms with Crippen LogP contribution in [0.3, 0.4) is 0 Å². The van der Waals surface area contributed by atoms with E-state index in [0.717, 1.165) is 5.56 Å². The second kappa shape index (κ2) is 4.48. The molecular weight excluding hydrogens is 240 g/mol. The zero-order valence-corrected chi connectivity index (χ0v) is 10.4. The quantitative estimate of drug-likeness (QED) is 0.768. The van der Waals surface area contributed by atoms with Crippen LogP contribution in [0.15, 0.2) is 24.3 Å². The van der Waals surface area contributed by atoms with Gasteiger partial charge in [-0.2, -0.15) is 0 Å². The Balaban J connectivity index is 0.000001000. The first-order valence-electron chi connectivity index (χ1n) is 3.00. The maximum atomic E-state index is 10.4. The first-order valence-corrected chi connectivity index (χ1v) is 3.00. The van der Waals surface area contributed by atoms with Crippen molar-refractivity contribution in [2.45, 2.75) is 6.92 Å². The van der Waals surface area contributed by atoms with Crippen LogP contribution >= 0.6 is 0 Å². The predicted molar refractivity (Wildman–Crippen MR) is 38.1 cm³/mol. The Morgan fingerprint density at radius 2 is 2.09 bits per heavy atom. The number of aromatic carboxylic acids is 1. The standard InChI is InChI=1S/C8H8O2.Cd/c1-6-3-2-4-7(5-6)8(9)10;/h2-5H,1H3,(H,9,10);. The second-order valence-corrected chi connectivity index (χ2v) is 2.17. The fourth-order valence-electron chi connectivity index (χ4n) is 0.778. The van der Waals surface area contributed by atoms with Crippen molar-refractivity contribution in [1.82, 2.24) is 0 Å². The average molecular weight is 249 g/mol. The maximum Gasteiger partial charge on any atom is 0.335 e. The van der Waals surface area contributed by atoms with Crippen LogP contribution in [0, 0.1) is 6.92 Å². The summed E-state index contributed by atoms with van der Waals surface area (Å²) in [5, 5.41) is 8.51. The Morgan fingerprint density at radius 1 is 1.45 bits per heavy atom. The van der Waals surface area contributed by atoms with Gasteiger partial charge in [-0.15, -0.1) is 0 Å². The first kappa shape index (κ1) is 10.6. The summed E-state index contributed by atoms with van der Waals surface area (Å²) in [5.74, 6) is -0.872. The van der Waals surface area contributed by atoms with Crippen LogP contribution < -0.4 is 0 Å². The van der Waals surface area contributed by atoms with E-state index in [9.17, 15) is 4.79 Å². The summed E-state index contributed by atoms with van der Waals surface area (Å²) in [7, 11) is 0. The molecule has 0 spiro atoms. The summed E-state index contributed by atoms with van der Waals surface area (Å²) in [6.45, 7) is 1.87. The molecule has 0 bridgehead atoms. The topological polar surface area (TPSA) is 37.3 Å². The fraction of sp³-hybridized carbons (Fsp3) is 0.125. The van der Waals surface area contributed by atoms with E-state index in [4.69, 9.17) is 5.11 Å². The third-order valence-corrected chi connectivity index (χ3v) is 1.27. The van der Waals surface area contributed by atoms with Crippen molar-refractivity contribution in [2.75, 3.05) is 0 Å². The predicted octanol–water partition coefficient (Wildman–Crippen LogP) is 1.69. The van der Waals surface area contributed by atoms with Gasteiger partial charge in [-0.05, 0) is 19.1 Å². The molecule has 0 aliphatic heterocycles. The van der Waals surface area contributed by atoms with Gasteiger partial charge >= 0.3 is 5.97 Å². The monoisotopic (exact) mass is 250 g/mol. The molecule has 11 heavy (non-hydrogen) atoms. The molecule has 0 atom stereocenters. The van der Waals surface area contributed by atoms with Crippen molar-refractivity contribution in [2.24, 2.45) is 0 Å². The summed E-state index contributed by atoms with van der Waals surface area (Å²) in [5.41, 5.74) is 1.32. The van der Waals surface area contributed by atoms with Crippen molar-refractivity contribution < 1.29 is 37.2 Å². The zero-order valence-electron chi connectivity index (χ0n) is 6.37. The van der Waals surface area contributed by atoms with Crippen molar-refractivity contribution in [3.63, 3.8) is 0 Å². The number of aryl methyl sites for hydroxylation is 1. The Kier molecular flexibility index (Phi) is 4.32. The molecular formula is C8H8CdO2. The molecule has 1 aromatic rings. The molecule has 1 aromatic carbocycles. The minimum absolute atomic E-state index is 0. The normalized spacial score (nSPS) is 8.45. The van der Waals surface area contributed by atoms with E-state index in [1.807, 2.05) is 13.0 Å². The molecule has 0 saturated heterocycles. The number of benzene rings is 1. The zero-order chi connectivity index (χ0) is 7.56. The summed E-state index contributed by atoms with van der Waals surface area (Å²) < 4.78 is 0. The van der Waals surface area contributed by atoms with E-state index in [2.05, 4.69) is 0 Å². The number of hydrogen-bond donors (Lipinski definition) is 1. The summed E-state index contributed by atoms with van der Waals surface area (Å²) in [6, 6.07) is 6.82. The van der Waals surface area contributed by atoms with E-state index >= 15 is 0 Å². The smallest absolute Gasteiger partial charge is 0.335 e. The Hall–Kier alpha value is -0.388. The van der Waals surface area contributed by atoms with Gasteiger partial charge in [0.2, 0.25) is 0 Å². The van der Waals surface area contributed by atoms with E-state index in [-0.39, 0.29) is 27.3 Å². The number of carboxylic acids is 1. The number of rotatable bonds is 1. The molecule has 0 radical (unpaired) electrons. The maximum absolute atomic E-state index is 10.4. The van der Waals surface area contributed by atoms with Crippen LogP contribution in [0.2, 0.25) is 0 Å². The molecule has 1 rings (SSSR count). The molecule has 1 N–H and O–H groups in total. The number of hydrogen-bond acceptors (Lipinski definition) is 1. The van der Waals surface area contributed by atoms with Gasteiger partial charge in [0.1, 0.15) is 0 Å². The van der Waals surface area contributed by atoms with Gasteiger partial charge in [-0.25, -0.2) is 4.79 Å². The van der Waals surface area contributed by atoms with Gasteiger partial charge in [0.15, 0.2) is 0 Å². The minimum atomic E-state index is -0.872. The third kappa shape index (κ3) is 3.01. The van der Waals surface area contributed by atoms with Gasteiger partial charge in [0.05, 0.1) is 5.56 Å². The molecule has 0 aliphatic carbocycles. The summed E-state index contributed by atoms with van der Waals surface area (Å²) >= 11 is 0. The molecule has 0 amide bonds. The fourth-order valence-corrected chi connectivity index (χ4v) is 0.778. The molecule has 0 aromatic heterocycles. The largest absolute Gasteiger partial charge is 0.478 e. The number of carbonyl (C=O) groups is 1. The van der Waals surface area contributed by atoms with Gasteiger partial charge in [0, 0.05) is 27.3 Å². The molecule has 2 nitrogen and oxygen atoms in total. The van der Waals surface area contributed by atoms with Crippen LogP contribution in [0.25, 0.3) is 0 Å². The van der Waals surface area contributed by atoms with E-state index in [1.54, 1.807) is 18.2 Å². The first-order chi connectivity index (χ1) is 4.70. The van der Waals surface area contributed by atoms with Crippen LogP contribution in [0.5, 0.6) is 0 Å². The molecule has 0 fully saturated rings. The molecule has 0 aliphatic rings. The van der Waals surface area contributed by atoms with Gasteiger partial charge < -0.3 is 5.11 Å². The van der Waals surface area contributed by atoms with Crippen molar-refractivity contribution in [1.29, 1.82) is 0 Å². The van der Waals surface area contributed by atoms with E-state index < -0.39 is 5.97 Å². The van der Waals surface area contributed by atoms with Crippen molar-refractivity contribution in [3.8, 4) is 0 Å². The van der Waals surface area contributed by atoms with Crippen molar-refractivity contribution in [3.05, 3.63) is 35.4 Å². The summed E-state index contributed by atoms with van der Waals surface area (Å²) in [4.78, 5) is 10.4. The van der Waals surface area contributed by atoms with Crippen molar-refractivity contribution >= 4 is 5.97 Å². The second-order valence-electron chi connectivity index (χ2n) is 2.17. The minimum Gasteiger partial charge on any atom is -0.478 e. The molecule has 54 valence electrons. The third-order valence-electron chi connectivity index (χ3n) is 1.27.